The largest absolute Gasteiger partial charge is 0.456 e. The number of hydrogen-bond acceptors (Lipinski definition) is 9. The molecule has 0 amide bonds. The third-order valence-electron chi connectivity index (χ3n) is 17.8. The van der Waals surface area contributed by atoms with E-state index in [1.807, 2.05) is 146 Å². The lowest BCUT2D eigenvalue weighted by atomic mass is 9.98. The van der Waals surface area contributed by atoms with E-state index in [0.717, 1.165) is 106 Å². The number of hydrogen-bond donors (Lipinski definition) is 0. The van der Waals surface area contributed by atoms with Gasteiger partial charge < -0.3 is 8.83 Å². The van der Waals surface area contributed by atoms with Crippen LogP contribution in [0, 0.1) is 0 Å². The third-order valence-corrected chi connectivity index (χ3v) is 17.9. The molecule has 0 bridgehead atoms. The van der Waals surface area contributed by atoms with Crippen molar-refractivity contribution in [2.75, 3.05) is 4.90 Å². The summed E-state index contributed by atoms with van der Waals surface area (Å²) < 4.78 is 12.2. The summed E-state index contributed by atoms with van der Waals surface area (Å²) in [5, 5.41) is 4.16. The predicted octanol–water partition coefficient (Wildman–Crippen LogP) is 24.3. The molecule has 0 N–H and O–H groups in total. The van der Waals surface area contributed by atoms with E-state index in [4.69, 9.17) is 35.4 Å². The van der Waals surface area contributed by atoms with Gasteiger partial charge in [-0.2, -0.15) is 19.9 Å². The Morgan fingerprint density at radius 2 is 0.525 bits per heavy atom. The van der Waals surface area contributed by atoms with Crippen molar-refractivity contribution < 1.29 is 8.83 Å². The van der Waals surface area contributed by atoms with Gasteiger partial charge in [0.15, 0.2) is 23.3 Å². The van der Waals surface area contributed by atoms with Crippen LogP contribution in [0.1, 0.15) is 11.1 Å². The van der Waals surface area contributed by atoms with Crippen LogP contribution < -0.4 is 4.90 Å². The zero-order chi connectivity index (χ0) is 67.7. The van der Waals surface area contributed by atoms with Gasteiger partial charge >= 0.3 is 0 Å². The number of anilines is 3. The number of benzene rings is 14. The third kappa shape index (κ3) is 13.8. The van der Waals surface area contributed by atoms with Gasteiger partial charge in [-0.1, -0.05) is 315 Å². The molecule has 18 aromatic rings. The number of nitrogens with zero attached hydrogens (tertiary/aromatic N) is 7. The first-order valence-electron chi connectivity index (χ1n) is 33.5. The number of furan rings is 2. The lowest BCUT2D eigenvalue weighted by Crippen LogP contribution is -2.15. The van der Waals surface area contributed by atoms with E-state index in [0.29, 0.717) is 29.2 Å². The van der Waals surface area contributed by atoms with Gasteiger partial charge in [-0.05, 0) is 122 Å². The van der Waals surface area contributed by atoms with E-state index in [1.165, 1.54) is 33.4 Å². The summed E-state index contributed by atoms with van der Waals surface area (Å²) >= 11 is 6.21. The fraction of sp³-hybridized carbons (Fsp3) is 0.0110. The molecule has 0 atom stereocenters. The van der Waals surface area contributed by atoms with Crippen molar-refractivity contribution >= 4 is 72.8 Å². The average Bonchev–Trinajstić information content (AvgIpc) is 1.70. The van der Waals surface area contributed by atoms with E-state index in [1.54, 1.807) is 0 Å². The fourth-order valence-corrected chi connectivity index (χ4v) is 12.9. The molecule has 101 heavy (non-hydrogen) atoms. The molecule has 0 spiro atoms. The van der Waals surface area contributed by atoms with Crippen LogP contribution in [0.25, 0.3) is 134 Å². The molecule has 0 aliphatic rings. The molecule has 0 unspecified atom stereocenters. The molecular weight excluding hydrogens is 1260 g/mol. The summed E-state index contributed by atoms with van der Waals surface area (Å²) in [4.78, 5) is 30.9. The summed E-state index contributed by atoms with van der Waals surface area (Å²) in [5.74, 6) is 2.74. The van der Waals surface area contributed by atoms with Crippen LogP contribution in [0.2, 0.25) is 5.28 Å². The standard InChI is InChI=1S/C45H30N4O.C25H20.C21H12ClN3O/c1-4-13-31(14-5-1)33-23-27-36(28-24-33)49(37-29-25-34(26-30-37)32-15-6-2-7-16-32)45-47-43(35-17-8-3-9-18-35)46-44(48-45)39-20-12-22-41-42(39)38-19-10-11-21-40(38)50-41;1-3-7-22(8-4-1)24-15-11-20(12-16-24)19-21-13-17-25(18-14-21)23-9-5-2-6-10-23;22-21-24-19(13-7-2-1-3-8-13)23-20(25-21)15-10-6-12-17-18(15)14-9-4-5-11-16(14)26-17/h1-30H;1-18H,19H2;1-12H. The van der Waals surface area contributed by atoms with Crippen LogP contribution in [0.15, 0.2) is 373 Å². The summed E-state index contributed by atoms with van der Waals surface area (Å²) in [6.07, 6.45) is 0.962. The molecule has 9 nitrogen and oxygen atoms in total. The molecule has 14 aromatic carbocycles. The van der Waals surface area contributed by atoms with Gasteiger partial charge in [-0.25, -0.2) is 9.97 Å². The van der Waals surface area contributed by atoms with Gasteiger partial charge in [0.2, 0.25) is 11.2 Å². The highest BCUT2D eigenvalue weighted by atomic mass is 35.5. The molecule has 18 rings (SSSR count). The van der Waals surface area contributed by atoms with E-state index in [2.05, 4.69) is 238 Å². The summed E-state index contributed by atoms with van der Waals surface area (Å²) in [6, 6.07) is 124. The van der Waals surface area contributed by atoms with E-state index >= 15 is 0 Å². The van der Waals surface area contributed by atoms with Gasteiger partial charge in [-0.3, -0.25) is 4.90 Å². The second-order valence-corrected chi connectivity index (χ2v) is 24.6. The Hall–Kier alpha value is -13.2. The second-order valence-electron chi connectivity index (χ2n) is 24.3. The first kappa shape index (κ1) is 62.6. The van der Waals surface area contributed by atoms with Crippen molar-refractivity contribution in [1.82, 2.24) is 29.9 Å². The quantitative estimate of drug-likeness (QED) is 0.112. The zero-order valence-corrected chi connectivity index (χ0v) is 55.4. The van der Waals surface area contributed by atoms with E-state index in [9.17, 15) is 0 Å². The van der Waals surface area contributed by atoms with Crippen LogP contribution in [0.5, 0.6) is 0 Å². The highest BCUT2D eigenvalue weighted by molar-refractivity contribution is 6.28. The monoisotopic (exact) mass is 1320 g/mol. The Bertz CT molecular complexity index is 5660. The van der Waals surface area contributed by atoms with Crippen LogP contribution in [-0.4, -0.2) is 29.9 Å². The van der Waals surface area contributed by atoms with Crippen molar-refractivity contribution in [3.05, 3.63) is 380 Å². The molecule has 0 saturated carbocycles. The van der Waals surface area contributed by atoms with Crippen molar-refractivity contribution in [2.24, 2.45) is 0 Å². The second kappa shape index (κ2) is 28.9. The molecule has 0 fully saturated rings. The molecule has 4 aromatic heterocycles. The summed E-state index contributed by atoms with van der Waals surface area (Å²) in [5.41, 5.74) is 21.0. The Morgan fingerprint density at radius 3 is 0.911 bits per heavy atom. The van der Waals surface area contributed by atoms with Gasteiger partial charge in [0.25, 0.3) is 0 Å². The number of halogens is 1. The average molecular weight is 1320 g/mol. The zero-order valence-electron chi connectivity index (χ0n) is 54.7. The SMILES string of the molecule is Clc1nc(-c2ccccc2)nc(-c2cccc3oc4ccccc4c23)n1.c1ccc(-c2ccc(Cc3ccc(-c4ccccc4)cc3)cc2)cc1.c1ccc(-c2ccc(N(c3ccc(-c4ccccc4)cc3)c3nc(-c4ccccc4)nc(-c4cccc5oc6ccccc6c45)n3)cc2)cc1. The van der Waals surface area contributed by atoms with Crippen LogP contribution in [-0.2, 0) is 6.42 Å². The molecule has 10 heteroatoms. The molecule has 0 radical (unpaired) electrons. The number of para-hydroxylation sites is 2. The summed E-state index contributed by atoms with van der Waals surface area (Å²) in [7, 11) is 0. The Morgan fingerprint density at radius 1 is 0.238 bits per heavy atom. The molecule has 0 aliphatic carbocycles. The molecule has 0 saturated heterocycles. The number of aromatic nitrogens is 6. The molecular formula is C91H62ClN7O2. The molecule has 0 aliphatic heterocycles. The maximum absolute atomic E-state index is 6.26. The van der Waals surface area contributed by atoms with Gasteiger partial charge in [-0.15, -0.1) is 0 Å². The predicted molar refractivity (Wildman–Crippen MR) is 413 cm³/mol. The lowest BCUT2D eigenvalue weighted by Gasteiger charge is -2.24. The molecule has 480 valence electrons. The van der Waals surface area contributed by atoms with Crippen molar-refractivity contribution in [3.63, 3.8) is 0 Å². The maximum Gasteiger partial charge on any atom is 0.238 e. The highest BCUT2D eigenvalue weighted by Gasteiger charge is 2.23. The Kier molecular flexibility index (Phi) is 17.9. The van der Waals surface area contributed by atoms with Crippen molar-refractivity contribution in [2.45, 2.75) is 6.42 Å². The van der Waals surface area contributed by atoms with Crippen LogP contribution in [0.4, 0.5) is 17.3 Å². The minimum atomic E-state index is 0.165. The van der Waals surface area contributed by atoms with Crippen LogP contribution >= 0.6 is 11.6 Å². The van der Waals surface area contributed by atoms with E-state index in [-0.39, 0.29) is 5.28 Å². The van der Waals surface area contributed by atoms with Gasteiger partial charge in [0.1, 0.15) is 22.3 Å². The number of rotatable bonds is 13. The van der Waals surface area contributed by atoms with Crippen molar-refractivity contribution in [1.29, 1.82) is 0 Å². The minimum Gasteiger partial charge on any atom is -0.456 e. The molecule has 4 heterocycles. The first-order valence-corrected chi connectivity index (χ1v) is 33.8. The smallest absolute Gasteiger partial charge is 0.238 e. The maximum atomic E-state index is 6.26. The van der Waals surface area contributed by atoms with Crippen LogP contribution in [0.3, 0.4) is 0 Å². The van der Waals surface area contributed by atoms with Crippen molar-refractivity contribution in [3.8, 4) is 90.1 Å². The normalized spacial score (nSPS) is 11.1. The van der Waals surface area contributed by atoms with Gasteiger partial charge in [0, 0.05) is 55.2 Å². The first-order chi connectivity index (χ1) is 50.0. The van der Waals surface area contributed by atoms with Gasteiger partial charge in [0.05, 0.1) is 0 Å². The Balaban J connectivity index is 0.000000130. The Labute approximate surface area is 589 Å². The minimum absolute atomic E-state index is 0.165. The topological polar surface area (TPSA) is 107 Å². The fourth-order valence-electron chi connectivity index (χ4n) is 12.8. The van der Waals surface area contributed by atoms with E-state index < -0.39 is 0 Å². The highest BCUT2D eigenvalue weighted by Crippen LogP contribution is 2.41. The summed E-state index contributed by atoms with van der Waals surface area (Å²) in [6.45, 7) is 0. The number of fused-ring (bicyclic) bond motifs is 6. The lowest BCUT2D eigenvalue weighted by molar-refractivity contribution is 0.668.